The second kappa shape index (κ2) is 15.0. The van der Waals surface area contributed by atoms with Crippen LogP contribution in [0.2, 0.25) is 0 Å². The highest BCUT2D eigenvalue weighted by Crippen LogP contribution is 2.44. The molecule has 3 nitrogen and oxygen atoms in total. The zero-order valence-electron chi connectivity index (χ0n) is 35.4. The fraction of sp³-hybridized carbons (Fsp3) is 0. The molecule has 65 heavy (non-hydrogen) atoms. The zero-order chi connectivity index (χ0) is 42.8. The summed E-state index contributed by atoms with van der Waals surface area (Å²) in [6.45, 7) is 0. The normalized spacial score (nSPS) is 11.7. The maximum Gasteiger partial charge on any atom is 0.143 e. The molecule has 0 fully saturated rings. The summed E-state index contributed by atoms with van der Waals surface area (Å²) in [5.74, 6) is 0. The third-order valence-electron chi connectivity index (χ3n) is 13.2. The number of para-hydroxylation sites is 3. The standard InChI is InChI=1S/C62H40N2O/c1-3-18-50-42(13-1)15-12-23-51(50)44-29-35-48(36-30-44)63(58-24-8-5-19-52(58)46-32-37-56-57-38-31-43-14-2-4-20-53(43)62(57)65-61(56)40-46)47-33-27-41(28-34-47)45-16-11-17-49(39-45)64-59-25-9-6-21-54(59)55-22-7-10-26-60(55)64/h1-40H. The minimum Gasteiger partial charge on any atom is -0.455 e. The van der Waals surface area contributed by atoms with Crippen LogP contribution in [0.15, 0.2) is 247 Å². The molecule has 0 aliphatic carbocycles. The summed E-state index contributed by atoms with van der Waals surface area (Å²) in [6.07, 6.45) is 0. The zero-order valence-corrected chi connectivity index (χ0v) is 35.4. The van der Waals surface area contributed by atoms with E-state index in [4.69, 9.17) is 4.42 Å². The van der Waals surface area contributed by atoms with Gasteiger partial charge in [-0.05, 0) is 117 Å². The van der Waals surface area contributed by atoms with Crippen molar-refractivity contribution in [2.75, 3.05) is 4.90 Å². The van der Waals surface area contributed by atoms with E-state index in [9.17, 15) is 0 Å². The van der Waals surface area contributed by atoms with E-state index in [0.717, 1.165) is 72.3 Å². The van der Waals surface area contributed by atoms with Crippen LogP contribution in [0, 0.1) is 0 Å². The van der Waals surface area contributed by atoms with E-state index in [-0.39, 0.29) is 0 Å². The van der Waals surface area contributed by atoms with Gasteiger partial charge in [0.25, 0.3) is 0 Å². The first-order valence-corrected chi connectivity index (χ1v) is 22.2. The quantitative estimate of drug-likeness (QED) is 0.160. The summed E-state index contributed by atoms with van der Waals surface area (Å²) in [7, 11) is 0. The first-order chi connectivity index (χ1) is 32.2. The molecule has 3 heteroatoms. The third kappa shape index (κ3) is 6.12. The van der Waals surface area contributed by atoms with Crippen molar-refractivity contribution in [1.29, 1.82) is 0 Å². The molecule has 0 aliphatic heterocycles. The van der Waals surface area contributed by atoms with Crippen LogP contribution in [0.1, 0.15) is 0 Å². The Hall–Kier alpha value is -8.66. The topological polar surface area (TPSA) is 21.3 Å². The van der Waals surface area contributed by atoms with Crippen LogP contribution in [-0.4, -0.2) is 4.57 Å². The average Bonchev–Trinajstić information content (AvgIpc) is 3.93. The van der Waals surface area contributed by atoms with E-state index in [0.29, 0.717) is 0 Å². The lowest BCUT2D eigenvalue weighted by molar-refractivity contribution is 0.673. The lowest BCUT2D eigenvalue weighted by Gasteiger charge is -2.28. The summed E-state index contributed by atoms with van der Waals surface area (Å²) >= 11 is 0. The lowest BCUT2D eigenvalue weighted by atomic mass is 9.97. The Bertz CT molecular complexity index is 3890. The minimum absolute atomic E-state index is 0.877. The molecule has 11 aromatic carbocycles. The van der Waals surface area contributed by atoms with E-state index in [1.54, 1.807) is 0 Å². The van der Waals surface area contributed by atoms with Gasteiger partial charge in [-0.25, -0.2) is 0 Å². The number of rotatable bonds is 7. The van der Waals surface area contributed by atoms with Gasteiger partial charge in [0, 0.05) is 49.6 Å². The Balaban J connectivity index is 0.930. The van der Waals surface area contributed by atoms with Gasteiger partial charge in [-0.2, -0.15) is 0 Å². The second-order valence-corrected chi connectivity index (χ2v) is 16.9. The first-order valence-electron chi connectivity index (χ1n) is 22.2. The molecule has 13 aromatic rings. The highest BCUT2D eigenvalue weighted by molar-refractivity contribution is 6.15. The Kier molecular flexibility index (Phi) is 8.53. The fourth-order valence-corrected chi connectivity index (χ4v) is 10.1. The van der Waals surface area contributed by atoms with E-state index >= 15 is 0 Å². The molecule has 0 aliphatic rings. The molecule has 0 spiro atoms. The molecule has 2 aromatic heterocycles. The van der Waals surface area contributed by atoms with Gasteiger partial charge in [0.15, 0.2) is 0 Å². The number of benzene rings is 11. The summed E-state index contributed by atoms with van der Waals surface area (Å²) in [4.78, 5) is 2.39. The molecule has 304 valence electrons. The molecule has 0 radical (unpaired) electrons. The summed E-state index contributed by atoms with van der Waals surface area (Å²) in [5.41, 5.74) is 15.5. The van der Waals surface area contributed by atoms with Gasteiger partial charge in [-0.15, -0.1) is 0 Å². The molecule has 0 saturated carbocycles. The summed E-state index contributed by atoms with van der Waals surface area (Å²) in [5, 5.41) is 9.55. The number of hydrogen-bond donors (Lipinski definition) is 0. The van der Waals surface area contributed by atoms with Crippen molar-refractivity contribution in [3.05, 3.63) is 243 Å². The molecule has 13 rings (SSSR count). The van der Waals surface area contributed by atoms with Gasteiger partial charge in [0.1, 0.15) is 11.2 Å². The Morgan fingerprint density at radius 2 is 0.877 bits per heavy atom. The highest BCUT2D eigenvalue weighted by Gasteiger charge is 2.20. The highest BCUT2D eigenvalue weighted by atomic mass is 16.3. The number of hydrogen-bond acceptors (Lipinski definition) is 2. The van der Waals surface area contributed by atoms with Crippen molar-refractivity contribution in [3.63, 3.8) is 0 Å². The van der Waals surface area contributed by atoms with Gasteiger partial charge >= 0.3 is 0 Å². The second-order valence-electron chi connectivity index (χ2n) is 16.9. The number of anilines is 3. The Morgan fingerprint density at radius 1 is 0.323 bits per heavy atom. The minimum atomic E-state index is 0.877. The monoisotopic (exact) mass is 828 g/mol. The smallest absolute Gasteiger partial charge is 0.143 e. The van der Waals surface area contributed by atoms with Crippen LogP contribution in [0.5, 0.6) is 0 Å². The van der Waals surface area contributed by atoms with Crippen LogP contribution in [0.25, 0.3) is 104 Å². The maximum absolute atomic E-state index is 6.70. The Labute approximate surface area is 376 Å². The van der Waals surface area contributed by atoms with E-state index < -0.39 is 0 Å². The molecule has 0 unspecified atom stereocenters. The largest absolute Gasteiger partial charge is 0.455 e. The summed E-state index contributed by atoms with van der Waals surface area (Å²) < 4.78 is 9.08. The van der Waals surface area contributed by atoms with Crippen molar-refractivity contribution in [1.82, 2.24) is 4.57 Å². The molecule has 0 N–H and O–H groups in total. The van der Waals surface area contributed by atoms with Gasteiger partial charge in [-0.3, -0.25) is 0 Å². The lowest BCUT2D eigenvalue weighted by Crippen LogP contribution is -2.11. The molecule has 0 saturated heterocycles. The first kappa shape index (κ1) is 36.9. The molecule has 0 bridgehead atoms. The number of nitrogens with zero attached hydrogens (tertiary/aromatic N) is 2. The predicted octanol–water partition coefficient (Wildman–Crippen LogP) is 17.5. The van der Waals surface area contributed by atoms with Crippen molar-refractivity contribution in [2.45, 2.75) is 0 Å². The summed E-state index contributed by atoms with van der Waals surface area (Å²) in [6, 6.07) is 87.7. The van der Waals surface area contributed by atoms with Crippen LogP contribution in [-0.2, 0) is 0 Å². The van der Waals surface area contributed by atoms with E-state index in [1.165, 1.54) is 49.1 Å². The average molecular weight is 829 g/mol. The number of aromatic nitrogens is 1. The Morgan fingerprint density at radius 3 is 1.63 bits per heavy atom. The van der Waals surface area contributed by atoms with Crippen molar-refractivity contribution in [2.24, 2.45) is 0 Å². The van der Waals surface area contributed by atoms with Crippen molar-refractivity contribution in [3.8, 4) is 39.1 Å². The third-order valence-corrected chi connectivity index (χ3v) is 13.2. The van der Waals surface area contributed by atoms with Crippen molar-refractivity contribution < 1.29 is 4.42 Å². The van der Waals surface area contributed by atoms with E-state index in [1.807, 2.05) is 0 Å². The molecular formula is C62H40N2O. The molecule has 0 atom stereocenters. The maximum atomic E-state index is 6.70. The van der Waals surface area contributed by atoms with Gasteiger partial charge in [0.2, 0.25) is 0 Å². The molecule has 2 heterocycles. The number of fused-ring (bicyclic) bond motifs is 9. The predicted molar refractivity (Wildman–Crippen MR) is 274 cm³/mol. The molecule has 0 amide bonds. The number of furan rings is 1. The van der Waals surface area contributed by atoms with Gasteiger partial charge in [-0.1, -0.05) is 170 Å². The SMILES string of the molecule is c1cc(-c2ccc(N(c3ccc(-c4cccc5ccccc45)cc3)c3ccccc3-c3ccc4c(c3)oc3c5ccccc5ccc43)cc2)cc(-n2c3ccccc3c3ccccc32)c1. The van der Waals surface area contributed by atoms with Gasteiger partial charge in [0.05, 0.1) is 16.7 Å². The fourth-order valence-electron chi connectivity index (χ4n) is 10.1. The van der Waals surface area contributed by atoms with Crippen molar-refractivity contribution >= 4 is 82.4 Å². The van der Waals surface area contributed by atoms with E-state index in [2.05, 4.69) is 252 Å². The van der Waals surface area contributed by atoms with Gasteiger partial charge < -0.3 is 13.9 Å². The van der Waals surface area contributed by atoms with Crippen LogP contribution in [0.3, 0.4) is 0 Å². The molecular weight excluding hydrogens is 789 g/mol. The van der Waals surface area contributed by atoms with Crippen LogP contribution in [0.4, 0.5) is 17.1 Å². The van der Waals surface area contributed by atoms with Crippen LogP contribution < -0.4 is 4.90 Å². The van der Waals surface area contributed by atoms with Crippen LogP contribution >= 0.6 is 0 Å².